The summed E-state index contributed by atoms with van der Waals surface area (Å²) in [5.74, 6) is 1.19. The average molecular weight is 411 g/mol. The number of aromatic nitrogens is 2. The molecule has 3 aromatic rings. The highest BCUT2D eigenvalue weighted by molar-refractivity contribution is 6.30. The SMILES string of the molecule is O=C(CCc1nc(-c2ccccc2)no1)N1CCN(Cc2ccc(Cl)cc2)CC1. The van der Waals surface area contributed by atoms with Crippen LogP contribution < -0.4 is 0 Å². The molecule has 7 heteroatoms. The molecule has 1 aliphatic rings. The molecule has 0 saturated carbocycles. The standard InChI is InChI=1S/C22H23ClN4O2/c23-19-8-6-17(7-9-19)16-26-12-14-27(15-13-26)21(28)11-10-20-24-22(25-29-20)18-4-2-1-3-5-18/h1-9H,10-16H2. The normalized spacial score (nSPS) is 14.9. The molecule has 6 nitrogen and oxygen atoms in total. The van der Waals surface area contributed by atoms with Crippen LogP contribution in [0.15, 0.2) is 59.1 Å². The Hall–Kier alpha value is -2.70. The Balaban J connectivity index is 1.23. The molecule has 1 amide bonds. The lowest BCUT2D eigenvalue weighted by Crippen LogP contribution is -2.48. The number of hydrogen-bond acceptors (Lipinski definition) is 5. The molecule has 1 aromatic heterocycles. The minimum Gasteiger partial charge on any atom is -0.340 e. The first kappa shape index (κ1) is 19.6. The molecular formula is C22H23ClN4O2. The molecule has 0 radical (unpaired) electrons. The van der Waals surface area contributed by atoms with Crippen LogP contribution in [0.3, 0.4) is 0 Å². The topological polar surface area (TPSA) is 62.5 Å². The minimum absolute atomic E-state index is 0.135. The van der Waals surface area contributed by atoms with Gasteiger partial charge in [0.15, 0.2) is 0 Å². The Kier molecular flexibility index (Phi) is 6.22. The monoisotopic (exact) mass is 410 g/mol. The highest BCUT2D eigenvalue weighted by Crippen LogP contribution is 2.16. The third-order valence-corrected chi connectivity index (χ3v) is 5.35. The first-order chi connectivity index (χ1) is 14.2. The molecule has 0 N–H and O–H groups in total. The van der Waals surface area contributed by atoms with E-state index in [1.807, 2.05) is 59.5 Å². The second kappa shape index (κ2) is 9.20. The summed E-state index contributed by atoms with van der Waals surface area (Å²) in [6.07, 6.45) is 0.845. The Morgan fingerprint density at radius 2 is 1.72 bits per heavy atom. The number of halogens is 1. The van der Waals surface area contributed by atoms with Gasteiger partial charge in [-0.05, 0) is 17.7 Å². The van der Waals surface area contributed by atoms with Crippen molar-refractivity contribution in [1.29, 1.82) is 0 Å². The Labute approximate surface area is 175 Å². The lowest BCUT2D eigenvalue weighted by atomic mass is 10.2. The highest BCUT2D eigenvalue weighted by Gasteiger charge is 2.21. The fourth-order valence-corrected chi connectivity index (χ4v) is 3.56. The van der Waals surface area contributed by atoms with Crippen LogP contribution in [0.5, 0.6) is 0 Å². The predicted octanol–water partition coefficient (Wildman–Crippen LogP) is 3.67. The van der Waals surface area contributed by atoms with Gasteiger partial charge in [0, 0.05) is 56.2 Å². The van der Waals surface area contributed by atoms with Gasteiger partial charge in [0.25, 0.3) is 0 Å². The molecule has 4 rings (SSSR count). The summed E-state index contributed by atoms with van der Waals surface area (Å²) in [6.45, 7) is 4.10. The van der Waals surface area contributed by atoms with E-state index in [-0.39, 0.29) is 5.91 Å². The largest absolute Gasteiger partial charge is 0.340 e. The summed E-state index contributed by atoms with van der Waals surface area (Å²) in [4.78, 5) is 21.2. The fourth-order valence-electron chi connectivity index (χ4n) is 3.44. The van der Waals surface area contributed by atoms with Crippen LogP contribution in [0.2, 0.25) is 5.02 Å². The summed E-state index contributed by atoms with van der Waals surface area (Å²) in [5.41, 5.74) is 2.14. The number of hydrogen-bond donors (Lipinski definition) is 0. The first-order valence-electron chi connectivity index (χ1n) is 9.80. The van der Waals surface area contributed by atoms with Crippen molar-refractivity contribution in [3.05, 3.63) is 71.1 Å². The molecule has 0 atom stereocenters. The van der Waals surface area contributed by atoms with Crippen molar-refractivity contribution in [3.63, 3.8) is 0 Å². The number of nitrogens with zero attached hydrogens (tertiary/aromatic N) is 4. The van der Waals surface area contributed by atoms with E-state index in [0.29, 0.717) is 24.6 Å². The number of benzene rings is 2. The van der Waals surface area contributed by atoms with Gasteiger partial charge in [-0.3, -0.25) is 9.69 Å². The van der Waals surface area contributed by atoms with E-state index in [9.17, 15) is 4.79 Å². The Bertz CT molecular complexity index is 935. The molecule has 0 unspecified atom stereocenters. The number of piperazine rings is 1. The van der Waals surface area contributed by atoms with Crippen molar-refractivity contribution in [1.82, 2.24) is 19.9 Å². The maximum Gasteiger partial charge on any atom is 0.227 e. The van der Waals surface area contributed by atoms with Crippen molar-refractivity contribution in [2.24, 2.45) is 0 Å². The Morgan fingerprint density at radius 1 is 1.00 bits per heavy atom. The average Bonchev–Trinajstić information content (AvgIpc) is 3.24. The van der Waals surface area contributed by atoms with Crippen LogP contribution in [0.1, 0.15) is 17.9 Å². The molecule has 1 fully saturated rings. The van der Waals surface area contributed by atoms with Gasteiger partial charge in [0.1, 0.15) is 0 Å². The second-order valence-electron chi connectivity index (χ2n) is 7.16. The molecule has 0 bridgehead atoms. The van der Waals surface area contributed by atoms with Crippen molar-refractivity contribution >= 4 is 17.5 Å². The maximum atomic E-state index is 12.6. The summed E-state index contributed by atoms with van der Waals surface area (Å²) < 4.78 is 5.30. The van der Waals surface area contributed by atoms with Crippen LogP contribution in [0, 0.1) is 0 Å². The van der Waals surface area contributed by atoms with Gasteiger partial charge < -0.3 is 9.42 Å². The summed E-state index contributed by atoms with van der Waals surface area (Å²) in [7, 11) is 0. The Morgan fingerprint density at radius 3 is 2.45 bits per heavy atom. The van der Waals surface area contributed by atoms with E-state index in [0.717, 1.165) is 43.3 Å². The summed E-state index contributed by atoms with van der Waals surface area (Å²) in [6, 6.07) is 17.6. The minimum atomic E-state index is 0.135. The number of carbonyl (C=O) groups is 1. The van der Waals surface area contributed by atoms with Crippen molar-refractivity contribution in [3.8, 4) is 11.4 Å². The zero-order valence-corrected chi connectivity index (χ0v) is 16.9. The van der Waals surface area contributed by atoms with E-state index in [4.69, 9.17) is 16.1 Å². The van der Waals surface area contributed by atoms with Crippen LogP contribution in [0.4, 0.5) is 0 Å². The maximum absolute atomic E-state index is 12.6. The van der Waals surface area contributed by atoms with E-state index < -0.39 is 0 Å². The lowest BCUT2D eigenvalue weighted by Gasteiger charge is -2.34. The van der Waals surface area contributed by atoms with Crippen LogP contribution in [-0.2, 0) is 17.8 Å². The smallest absolute Gasteiger partial charge is 0.227 e. The summed E-state index contributed by atoms with van der Waals surface area (Å²) in [5, 5.41) is 4.76. The number of rotatable bonds is 6. The molecule has 1 aliphatic heterocycles. The van der Waals surface area contributed by atoms with Gasteiger partial charge in [-0.25, -0.2) is 0 Å². The van der Waals surface area contributed by atoms with Crippen LogP contribution >= 0.6 is 11.6 Å². The molecule has 0 spiro atoms. The third kappa shape index (κ3) is 5.22. The summed E-state index contributed by atoms with van der Waals surface area (Å²) >= 11 is 5.94. The van der Waals surface area contributed by atoms with E-state index in [1.54, 1.807) is 0 Å². The van der Waals surface area contributed by atoms with Gasteiger partial charge in [0.05, 0.1) is 0 Å². The molecule has 2 heterocycles. The van der Waals surface area contributed by atoms with E-state index >= 15 is 0 Å². The molecule has 29 heavy (non-hydrogen) atoms. The van der Waals surface area contributed by atoms with Gasteiger partial charge in [-0.1, -0.05) is 59.2 Å². The second-order valence-corrected chi connectivity index (χ2v) is 7.60. The van der Waals surface area contributed by atoms with Gasteiger partial charge in [-0.15, -0.1) is 0 Å². The zero-order chi connectivity index (χ0) is 20.1. The van der Waals surface area contributed by atoms with Crippen LogP contribution in [0.25, 0.3) is 11.4 Å². The number of aryl methyl sites for hydroxylation is 1. The van der Waals surface area contributed by atoms with Crippen molar-refractivity contribution in [2.75, 3.05) is 26.2 Å². The lowest BCUT2D eigenvalue weighted by molar-refractivity contribution is -0.133. The molecule has 1 saturated heterocycles. The van der Waals surface area contributed by atoms with E-state index in [1.165, 1.54) is 5.56 Å². The third-order valence-electron chi connectivity index (χ3n) is 5.10. The first-order valence-corrected chi connectivity index (χ1v) is 10.2. The zero-order valence-electron chi connectivity index (χ0n) is 16.1. The fraction of sp³-hybridized carbons (Fsp3) is 0.318. The highest BCUT2D eigenvalue weighted by atomic mass is 35.5. The van der Waals surface area contributed by atoms with Gasteiger partial charge in [-0.2, -0.15) is 4.98 Å². The molecule has 2 aromatic carbocycles. The molecular weight excluding hydrogens is 388 g/mol. The molecule has 150 valence electrons. The molecule has 0 aliphatic carbocycles. The van der Waals surface area contributed by atoms with Crippen LogP contribution in [-0.4, -0.2) is 52.0 Å². The van der Waals surface area contributed by atoms with Gasteiger partial charge >= 0.3 is 0 Å². The number of carbonyl (C=O) groups excluding carboxylic acids is 1. The van der Waals surface area contributed by atoms with Crippen molar-refractivity contribution in [2.45, 2.75) is 19.4 Å². The van der Waals surface area contributed by atoms with Crippen molar-refractivity contribution < 1.29 is 9.32 Å². The number of amides is 1. The van der Waals surface area contributed by atoms with Gasteiger partial charge in [0.2, 0.25) is 17.6 Å². The predicted molar refractivity (Wildman–Crippen MR) is 111 cm³/mol. The quantitative estimate of drug-likeness (QED) is 0.620. The van der Waals surface area contributed by atoms with E-state index in [2.05, 4.69) is 15.0 Å².